The molecule has 130 valence electrons. The predicted octanol–water partition coefficient (Wildman–Crippen LogP) is 2.17. The Hall–Kier alpha value is -3.22. The number of carbonyl (C=O) groups excluding carboxylic acids is 3. The molecule has 1 N–H and O–H groups in total. The van der Waals surface area contributed by atoms with E-state index in [1.807, 2.05) is 0 Å². The highest BCUT2D eigenvalue weighted by Crippen LogP contribution is 2.31. The quantitative estimate of drug-likeness (QED) is 0.661. The molecule has 0 fully saturated rings. The van der Waals surface area contributed by atoms with Gasteiger partial charge >= 0.3 is 11.9 Å². The van der Waals surface area contributed by atoms with Crippen molar-refractivity contribution in [1.82, 2.24) is 10.3 Å². The number of nitrogens with one attached hydrogen (secondary N) is 1. The standard InChI is InChI=1S/C18H18N2O5/c1-11-8-16(24-12(2)21)14(17(9-11)25-13(3)22)10-20-18(23)15-6-4-5-7-19-15/h4-9H,10H2,1-3H3,(H,20,23). The molecular weight excluding hydrogens is 324 g/mol. The number of carbonyl (C=O) groups is 3. The summed E-state index contributed by atoms with van der Waals surface area (Å²) in [7, 11) is 0. The van der Waals surface area contributed by atoms with E-state index in [2.05, 4.69) is 10.3 Å². The Balaban J connectivity index is 2.30. The fourth-order valence-electron chi connectivity index (χ4n) is 2.17. The summed E-state index contributed by atoms with van der Waals surface area (Å²) >= 11 is 0. The SMILES string of the molecule is CC(=O)Oc1cc(C)cc(OC(C)=O)c1CNC(=O)c1ccccn1. The highest BCUT2D eigenvalue weighted by molar-refractivity contribution is 5.92. The fourth-order valence-corrected chi connectivity index (χ4v) is 2.17. The van der Waals surface area contributed by atoms with Crippen molar-refractivity contribution < 1.29 is 23.9 Å². The first-order chi connectivity index (χ1) is 11.9. The van der Waals surface area contributed by atoms with Crippen molar-refractivity contribution in [2.45, 2.75) is 27.3 Å². The van der Waals surface area contributed by atoms with Gasteiger partial charge in [-0.1, -0.05) is 6.07 Å². The summed E-state index contributed by atoms with van der Waals surface area (Å²) in [6.07, 6.45) is 1.51. The molecule has 0 atom stereocenters. The van der Waals surface area contributed by atoms with Crippen LogP contribution >= 0.6 is 0 Å². The van der Waals surface area contributed by atoms with Gasteiger partial charge in [0.1, 0.15) is 17.2 Å². The number of aryl methyl sites for hydroxylation is 1. The average molecular weight is 342 g/mol. The number of benzene rings is 1. The molecule has 2 aromatic rings. The lowest BCUT2D eigenvalue weighted by Crippen LogP contribution is -2.24. The Morgan fingerprint density at radius 3 is 2.12 bits per heavy atom. The normalized spacial score (nSPS) is 10.0. The van der Waals surface area contributed by atoms with Crippen molar-refractivity contribution >= 4 is 17.8 Å². The highest BCUT2D eigenvalue weighted by Gasteiger charge is 2.17. The van der Waals surface area contributed by atoms with Crippen molar-refractivity contribution in [2.24, 2.45) is 0 Å². The summed E-state index contributed by atoms with van der Waals surface area (Å²) in [5, 5.41) is 2.68. The number of pyridine rings is 1. The Kier molecular flexibility index (Phi) is 5.84. The molecule has 0 aliphatic heterocycles. The van der Waals surface area contributed by atoms with Gasteiger partial charge in [0.05, 0.1) is 12.1 Å². The van der Waals surface area contributed by atoms with E-state index in [1.165, 1.54) is 20.0 Å². The molecule has 0 aliphatic rings. The smallest absolute Gasteiger partial charge is 0.308 e. The zero-order valence-electron chi connectivity index (χ0n) is 14.2. The molecule has 0 unspecified atom stereocenters. The molecule has 7 heteroatoms. The predicted molar refractivity (Wildman–Crippen MR) is 89.2 cm³/mol. The lowest BCUT2D eigenvalue weighted by Gasteiger charge is -2.15. The molecule has 0 saturated heterocycles. The number of hydrogen-bond acceptors (Lipinski definition) is 6. The third kappa shape index (κ3) is 5.13. The second-order valence-electron chi connectivity index (χ2n) is 5.32. The highest BCUT2D eigenvalue weighted by atomic mass is 16.5. The van der Waals surface area contributed by atoms with E-state index >= 15 is 0 Å². The monoisotopic (exact) mass is 342 g/mol. The Labute approximate surface area is 145 Å². The van der Waals surface area contributed by atoms with Crippen LogP contribution in [0.3, 0.4) is 0 Å². The van der Waals surface area contributed by atoms with Crippen LogP contribution in [-0.4, -0.2) is 22.8 Å². The van der Waals surface area contributed by atoms with Crippen LogP contribution in [0.15, 0.2) is 36.5 Å². The van der Waals surface area contributed by atoms with Crippen LogP contribution < -0.4 is 14.8 Å². The van der Waals surface area contributed by atoms with E-state index in [-0.39, 0.29) is 23.7 Å². The maximum absolute atomic E-state index is 12.2. The summed E-state index contributed by atoms with van der Waals surface area (Å²) in [4.78, 5) is 38.8. The Morgan fingerprint density at radius 2 is 1.64 bits per heavy atom. The summed E-state index contributed by atoms with van der Waals surface area (Å²) in [6.45, 7) is 4.31. The molecule has 0 radical (unpaired) electrons. The van der Waals surface area contributed by atoms with Gasteiger partial charge in [0.15, 0.2) is 0 Å². The van der Waals surface area contributed by atoms with Gasteiger partial charge in [-0.25, -0.2) is 0 Å². The first-order valence-electron chi connectivity index (χ1n) is 7.56. The van der Waals surface area contributed by atoms with Crippen LogP contribution in [0.4, 0.5) is 0 Å². The van der Waals surface area contributed by atoms with Crippen LogP contribution in [0.1, 0.15) is 35.5 Å². The maximum Gasteiger partial charge on any atom is 0.308 e. The zero-order valence-corrected chi connectivity index (χ0v) is 14.2. The molecule has 7 nitrogen and oxygen atoms in total. The molecule has 1 aromatic heterocycles. The summed E-state index contributed by atoms with van der Waals surface area (Å²) in [5.41, 5.74) is 1.38. The number of nitrogens with zero attached hydrogens (tertiary/aromatic N) is 1. The number of hydrogen-bond donors (Lipinski definition) is 1. The van der Waals surface area contributed by atoms with E-state index in [0.29, 0.717) is 5.56 Å². The molecular formula is C18H18N2O5. The summed E-state index contributed by atoms with van der Waals surface area (Å²) in [6, 6.07) is 8.24. The van der Waals surface area contributed by atoms with Crippen molar-refractivity contribution in [3.63, 3.8) is 0 Å². The van der Waals surface area contributed by atoms with Gasteiger partial charge in [-0.3, -0.25) is 19.4 Å². The van der Waals surface area contributed by atoms with E-state index in [1.54, 1.807) is 37.3 Å². The number of esters is 2. The van der Waals surface area contributed by atoms with Gasteiger partial charge < -0.3 is 14.8 Å². The summed E-state index contributed by atoms with van der Waals surface area (Å²) < 4.78 is 10.4. The third-order valence-corrected chi connectivity index (χ3v) is 3.14. The van der Waals surface area contributed by atoms with Crippen LogP contribution in [0.25, 0.3) is 0 Å². The topological polar surface area (TPSA) is 94.6 Å². The van der Waals surface area contributed by atoms with Gasteiger partial charge in [-0.2, -0.15) is 0 Å². The minimum Gasteiger partial charge on any atom is -0.426 e. The molecule has 1 amide bonds. The van der Waals surface area contributed by atoms with Crippen LogP contribution in [-0.2, 0) is 16.1 Å². The Morgan fingerprint density at radius 1 is 1.04 bits per heavy atom. The number of amides is 1. The van der Waals surface area contributed by atoms with Crippen LogP contribution in [0.5, 0.6) is 11.5 Å². The van der Waals surface area contributed by atoms with E-state index in [9.17, 15) is 14.4 Å². The third-order valence-electron chi connectivity index (χ3n) is 3.14. The van der Waals surface area contributed by atoms with Gasteiger partial charge in [0, 0.05) is 20.0 Å². The van der Waals surface area contributed by atoms with Crippen LogP contribution in [0.2, 0.25) is 0 Å². The molecule has 0 aliphatic carbocycles. The van der Waals surface area contributed by atoms with Crippen molar-refractivity contribution in [2.75, 3.05) is 0 Å². The van der Waals surface area contributed by atoms with Gasteiger partial charge in [-0.05, 0) is 36.8 Å². The zero-order chi connectivity index (χ0) is 18.4. The van der Waals surface area contributed by atoms with Crippen molar-refractivity contribution in [3.05, 3.63) is 53.3 Å². The maximum atomic E-state index is 12.2. The summed E-state index contributed by atoms with van der Waals surface area (Å²) in [5.74, 6) is -0.979. The molecule has 0 saturated carbocycles. The van der Waals surface area contributed by atoms with Crippen molar-refractivity contribution in [1.29, 1.82) is 0 Å². The van der Waals surface area contributed by atoms with E-state index in [0.717, 1.165) is 5.56 Å². The lowest BCUT2D eigenvalue weighted by atomic mass is 10.1. The second kappa shape index (κ2) is 8.05. The lowest BCUT2D eigenvalue weighted by molar-refractivity contribution is -0.132. The minimum absolute atomic E-state index is 0.000907. The van der Waals surface area contributed by atoms with E-state index < -0.39 is 17.8 Å². The number of rotatable bonds is 5. The molecule has 2 rings (SSSR count). The number of ether oxygens (including phenoxy) is 2. The largest absolute Gasteiger partial charge is 0.426 e. The molecule has 25 heavy (non-hydrogen) atoms. The van der Waals surface area contributed by atoms with Crippen molar-refractivity contribution in [3.8, 4) is 11.5 Å². The van der Waals surface area contributed by atoms with Crippen LogP contribution in [0, 0.1) is 6.92 Å². The second-order valence-corrected chi connectivity index (χ2v) is 5.32. The van der Waals surface area contributed by atoms with E-state index in [4.69, 9.17) is 9.47 Å². The van der Waals surface area contributed by atoms with Gasteiger partial charge in [0.2, 0.25) is 0 Å². The minimum atomic E-state index is -0.517. The first-order valence-corrected chi connectivity index (χ1v) is 7.56. The average Bonchev–Trinajstić information content (AvgIpc) is 2.53. The van der Waals surface area contributed by atoms with Gasteiger partial charge in [-0.15, -0.1) is 0 Å². The molecule has 1 heterocycles. The molecule has 0 bridgehead atoms. The first kappa shape index (κ1) is 18.1. The number of aromatic nitrogens is 1. The molecule has 1 aromatic carbocycles. The molecule has 0 spiro atoms. The van der Waals surface area contributed by atoms with Gasteiger partial charge in [0.25, 0.3) is 5.91 Å². The Bertz CT molecular complexity index is 765. The fraction of sp³-hybridized carbons (Fsp3) is 0.222.